The van der Waals surface area contributed by atoms with Gasteiger partial charge in [0.15, 0.2) is 0 Å². The number of piperidine rings is 1. The molecule has 1 fully saturated rings. The topological polar surface area (TPSA) is 121 Å². The molecule has 0 aromatic heterocycles. The van der Waals surface area contributed by atoms with E-state index in [2.05, 4.69) is 4.28 Å². The maximum atomic E-state index is 10.0. The van der Waals surface area contributed by atoms with Crippen molar-refractivity contribution in [2.45, 2.75) is 19.3 Å². The molecule has 0 spiro atoms. The third-order valence-electron chi connectivity index (χ3n) is 1.50. The zero-order valence-electron chi connectivity index (χ0n) is 7.77. The number of nitrogens with zero attached hydrogens (tertiary/aromatic N) is 1. The van der Waals surface area contributed by atoms with Crippen molar-refractivity contribution in [3.63, 3.8) is 0 Å². The van der Waals surface area contributed by atoms with Gasteiger partial charge < -0.3 is 0 Å². The monoisotopic (exact) mass is 263 g/mol. The fourth-order valence-electron chi connectivity index (χ4n) is 1.04. The molecule has 92 valence electrons. The first kappa shape index (κ1) is 14.7. The Morgan fingerprint density at radius 1 is 1.07 bits per heavy atom. The van der Waals surface area contributed by atoms with Crippen molar-refractivity contribution in [2.75, 3.05) is 13.1 Å². The van der Waals surface area contributed by atoms with Gasteiger partial charge >= 0.3 is 10.4 Å². The predicted molar refractivity (Wildman–Crippen MR) is 51.0 cm³/mol. The third-order valence-corrected chi connectivity index (χ3v) is 1.86. The summed E-state index contributed by atoms with van der Waals surface area (Å²) in [5.74, 6) is 0. The first-order chi connectivity index (χ1) is 6.79. The van der Waals surface area contributed by atoms with E-state index in [-0.39, 0.29) is 0 Å². The van der Waals surface area contributed by atoms with Crippen LogP contribution in [0.4, 0.5) is 0 Å². The molecule has 15 heavy (non-hydrogen) atoms. The Morgan fingerprint density at radius 2 is 1.47 bits per heavy atom. The van der Waals surface area contributed by atoms with Crippen LogP contribution in [0.5, 0.6) is 0 Å². The third kappa shape index (κ3) is 13.7. The second kappa shape index (κ2) is 7.09. The average molecular weight is 263 g/mol. The highest BCUT2D eigenvalue weighted by Crippen LogP contribution is 2.08. The van der Waals surface area contributed by atoms with E-state index < -0.39 is 21.4 Å². The number of rotatable bonds is 2. The Balaban J connectivity index is 0.000000336. The van der Waals surface area contributed by atoms with Gasteiger partial charge in [-0.15, -0.1) is 0 Å². The van der Waals surface area contributed by atoms with Crippen molar-refractivity contribution >= 4 is 21.4 Å². The summed E-state index contributed by atoms with van der Waals surface area (Å²) in [4.78, 5) is 0. The molecule has 0 bridgehead atoms. The number of hydrogen-bond donors (Lipinski definition) is 3. The second-order valence-corrected chi connectivity index (χ2v) is 4.25. The molecule has 1 saturated heterocycles. The fraction of sp³-hybridized carbons (Fsp3) is 1.00. The summed E-state index contributed by atoms with van der Waals surface area (Å²) in [7, 11) is -7.36. The molecule has 1 aliphatic rings. The minimum atomic E-state index is -4.67. The summed E-state index contributed by atoms with van der Waals surface area (Å²) in [5, 5.41) is 1.50. The van der Waals surface area contributed by atoms with Crippen molar-refractivity contribution in [3.8, 4) is 0 Å². The van der Waals surface area contributed by atoms with Crippen LogP contribution < -0.4 is 0 Å². The van der Waals surface area contributed by atoms with E-state index in [4.69, 9.17) is 17.5 Å². The lowest BCUT2D eigenvalue weighted by Gasteiger charge is -2.21. The van der Waals surface area contributed by atoms with Crippen molar-refractivity contribution in [2.24, 2.45) is 0 Å². The molecule has 0 saturated carbocycles. The molecule has 0 aromatic rings. The molecule has 8 nitrogen and oxygen atoms in total. The molecule has 1 rings (SSSR count). The summed E-state index contributed by atoms with van der Waals surface area (Å²) in [6, 6.07) is 0. The van der Waals surface area contributed by atoms with Crippen LogP contribution in [0.2, 0.25) is 0 Å². The van der Waals surface area contributed by atoms with E-state index in [1.54, 1.807) is 0 Å². The lowest BCUT2D eigenvalue weighted by atomic mass is 10.2. The van der Waals surface area contributed by atoms with E-state index in [1.165, 1.54) is 11.5 Å². The SMILES string of the molecule is O=S(=O)(O)O.O=[SH](=O)ON1CCCCC1. The Labute approximate surface area is 89.5 Å². The molecule has 10 heteroatoms. The van der Waals surface area contributed by atoms with Gasteiger partial charge in [0.05, 0.1) is 0 Å². The van der Waals surface area contributed by atoms with Gasteiger partial charge in [-0.2, -0.15) is 17.8 Å². The fourth-order valence-corrected chi connectivity index (χ4v) is 1.39. The Morgan fingerprint density at radius 3 is 1.80 bits per heavy atom. The average Bonchev–Trinajstić information content (AvgIpc) is 2.01. The van der Waals surface area contributed by atoms with Gasteiger partial charge in [-0.1, -0.05) is 6.42 Å². The van der Waals surface area contributed by atoms with Crippen LogP contribution in [-0.2, 0) is 25.7 Å². The van der Waals surface area contributed by atoms with Crippen LogP contribution in [0, 0.1) is 0 Å². The Kier molecular flexibility index (Phi) is 6.96. The van der Waals surface area contributed by atoms with Gasteiger partial charge in [-0.05, 0) is 12.8 Å². The van der Waals surface area contributed by atoms with E-state index in [1.807, 2.05) is 0 Å². The predicted octanol–water partition coefficient (Wildman–Crippen LogP) is -0.723. The van der Waals surface area contributed by atoms with Crippen LogP contribution in [0.3, 0.4) is 0 Å². The minimum absolute atomic E-state index is 0.739. The molecule has 1 aliphatic heterocycles. The summed E-state index contributed by atoms with van der Waals surface area (Å²) in [6.45, 7) is 1.48. The normalized spacial score (nSPS) is 18.3. The molecular weight excluding hydrogens is 250 g/mol. The van der Waals surface area contributed by atoms with E-state index in [9.17, 15) is 8.42 Å². The zero-order chi connectivity index (χ0) is 11.9. The molecule has 1 heterocycles. The van der Waals surface area contributed by atoms with Crippen molar-refractivity contribution in [3.05, 3.63) is 0 Å². The van der Waals surface area contributed by atoms with Gasteiger partial charge in [0.25, 0.3) is 11.0 Å². The van der Waals surface area contributed by atoms with Crippen molar-refractivity contribution < 1.29 is 30.2 Å². The largest absolute Gasteiger partial charge is 0.394 e. The summed E-state index contributed by atoms with van der Waals surface area (Å²) in [5.41, 5.74) is 0. The highest BCUT2D eigenvalue weighted by molar-refractivity contribution is 7.79. The van der Waals surface area contributed by atoms with Gasteiger partial charge in [0, 0.05) is 13.1 Å². The van der Waals surface area contributed by atoms with Crippen LogP contribution in [0.25, 0.3) is 0 Å². The number of hydrogen-bond acceptors (Lipinski definition) is 6. The minimum Gasteiger partial charge on any atom is -0.264 e. The molecular formula is C5H13NO7S2. The summed E-state index contributed by atoms with van der Waals surface area (Å²) in [6.07, 6.45) is 3.24. The maximum absolute atomic E-state index is 10.0. The van der Waals surface area contributed by atoms with Gasteiger partial charge in [-0.25, -0.2) is 8.42 Å². The van der Waals surface area contributed by atoms with E-state index in [0.717, 1.165) is 25.9 Å². The highest BCUT2D eigenvalue weighted by Gasteiger charge is 2.10. The standard InChI is InChI=1S/C5H11NO3S.H2O4S/c7-10(8)9-6-4-2-1-3-5-6;1-5(2,3)4/h10H,1-5H2;(H2,1,2,3,4). The molecule has 2 N–H and O–H groups in total. The molecule has 0 atom stereocenters. The van der Waals surface area contributed by atoms with Gasteiger partial charge in [-0.3, -0.25) is 9.11 Å². The first-order valence-electron chi connectivity index (χ1n) is 4.06. The highest BCUT2D eigenvalue weighted by atomic mass is 32.3. The second-order valence-electron chi connectivity index (χ2n) is 2.74. The summed E-state index contributed by atoms with van der Waals surface area (Å²) < 4.78 is 56.1. The Bertz CT molecular complexity index is 313. The quantitative estimate of drug-likeness (QED) is 0.440. The van der Waals surface area contributed by atoms with Gasteiger partial charge in [0.1, 0.15) is 0 Å². The maximum Gasteiger partial charge on any atom is 0.394 e. The summed E-state index contributed by atoms with van der Waals surface area (Å²) >= 11 is 0. The zero-order valence-corrected chi connectivity index (χ0v) is 9.48. The van der Waals surface area contributed by atoms with Crippen LogP contribution in [0.1, 0.15) is 19.3 Å². The molecule has 0 amide bonds. The van der Waals surface area contributed by atoms with Gasteiger partial charge in [0.2, 0.25) is 0 Å². The van der Waals surface area contributed by atoms with E-state index >= 15 is 0 Å². The van der Waals surface area contributed by atoms with E-state index in [0.29, 0.717) is 0 Å². The van der Waals surface area contributed by atoms with Crippen LogP contribution in [-0.4, -0.2) is 44.1 Å². The molecule has 0 unspecified atom stereocenters. The molecule has 0 aromatic carbocycles. The van der Waals surface area contributed by atoms with Crippen LogP contribution >= 0.6 is 0 Å². The molecule has 0 aliphatic carbocycles. The van der Waals surface area contributed by atoms with Crippen LogP contribution in [0.15, 0.2) is 0 Å². The number of thiol groups is 1. The van der Waals surface area contributed by atoms with Crippen molar-refractivity contribution in [1.29, 1.82) is 0 Å². The van der Waals surface area contributed by atoms with Crippen molar-refractivity contribution in [1.82, 2.24) is 5.06 Å². The smallest absolute Gasteiger partial charge is 0.264 e. The lowest BCUT2D eigenvalue weighted by Crippen LogP contribution is -2.29. The first-order valence-corrected chi connectivity index (χ1v) is 6.55. The number of hydroxylamine groups is 2. The molecule has 0 radical (unpaired) electrons. The Hall–Kier alpha value is -0.260. The lowest BCUT2D eigenvalue weighted by molar-refractivity contribution is -0.0608.